The van der Waals surface area contributed by atoms with Gasteiger partial charge in [-0.05, 0) is 24.3 Å². The molecule has 0 aliphatic carbocycles. The van der Waals surface area contributed by atoms with E-state index < -0.39 is 0 Å². The maximum absolute atomic E-state index is 12.6. The average molecular weight is 425 g/mol. The number of nitrogens with zero attached hydrogens (tertiary/aromatic N) is 2. The number of thiophene rings is 1. The van der Waals surface area contributed by atoms with Gasteiger partial charge in [-0.25, -0.2) is 9.97 Å². The van der Waals surface area contributed by atoms with Crippen LogP contribution in [0, 0.1) is 0 Å². The van der Waals surface area contributed by atoms with Crippen LogP contribution in [0.2, 0.25) is 0 Å². The topological polar surface area (TPSA) is 70.7 Å². The summed E-state index contributed by atoms with van der Waals surface area (Å²) in [5, 5.41) is 5.09. The minimum Gasteiger partial charge on any atom is -0.347 e. The van der Waals surface area contributed by atoms with Gasteiger partial charge in [-0.3, -0.25) is 4.79 Å². The summed E-state index contributed by atoms with van der Waals surface area (Å²) in [4.78, 5) is 24.7. The molecule has 0 radical (unpaired) electrons. The number of benzene rings is 2. The predicted octanol–water partition coefficient (Wildman–Crippen LogP) is 5.74. The molecule has 5 aromatic rings. The second kappa shape index (κ2) is 7.01. The zero-order chi connectivity index (χ0) is 19.1. The third kappa shape index (κ3) is 2.97. The van der Waals surface area contributed by atoms with Gasteiger partial charge in [0.1, 0.15) is 26.0 Å². The molecule has 0 unspecified atom stereocenters. The molecular formula is C20H13ClN4OS2. The van der Waals surface area contributed by atoms with Crippen molar-refractivity contribution in [2.75, 3.05) is 5.32 Å². The number of fused-ring (bicyclic) bond motifs is 2. The summed E-state index contributed by atoms with van der Waals surface area (Å²) in [7, 11) is 0. The van der Waals surface area contributed by atoms with E-state index in [1.54, 1.807) is 11.3 Å². The van der Waals surface area contributed by atoms with E-state index in [9.17, 15) is 4.79 Å². The maximum atomic E-state index is 12.6. The lowest BCUT2D eigenvalue weighted by Crippen LogP contribution is -2.09. The standard InChI is InChI=1S/C20H13ClN4OS2/c21-10-14-24-16-15(20-23-12-8-4-5-9-13(12)27-20)19(28-17(16)18(26)25-14)22-11-6-2-1-3-7-11/h1-9,22H,10H2,(H,24,25,26). The molecule has 0 bridgehead atoms. The molecule has 2 N–H and O–H groups in total. The highest BCUT2D eigenvalue weighted by Gasteiger charge is 2.21. The first-order chi connectivity index (χ1) is 13.7. The highest BCUT2D eigenvalue weighted by atomic mass is 35.5. The van der Waals surface area contributed by atoms with Crippen LogP contribution in [-0.4, -0.2) is 15.0 Å². The van der Waals surface area contributed by atoms with Crippen LogP contribution in [-0.2, 0) is 5.88 Å². The number of halogens is 1. The van der Waals surface area contributed by atoms with Crippen molar-refractivity contribution in [3.05, 3.63) is 70.8 Å². The SMILES string of the molecule is O=c1[nH]c(CCl)nc2c(-c3nc4ccccc4s3)c(Nc3ccccc3)sc12. The largest absolute Gasteiger partial charge is 0.347 e. The van der Waals surface area contributed by atoms with Crippen LogP contribution in [0.5, 0.6) is 0 Å². The van der Waals surface area contributed by atoms with E-state index in [0.717, 1.165) is 31.5 Å². The van der Waals surface area contributed by atoms with Crippen molar-refractivity contribution >= 4 is 65.4 Å². The maximum Gasteiger partial charge on any atom is 0.268 e. The van der Waals surface area contributed by atoms with Crippen LogP contribution >= 0.6 is 34.3 Å². The van der Waals surface area contributed by atoms with Crippen molar-refractivity contribution in [3.8, 4) is 10.6 Å². The molecule has 3 heterocycles. The fourth-order valence-electron chi connectivity index (χ4n) is 3.02. The van der Waals surface area contributed by atoms with E-state index >= 15 is 0 Å². The molecular weight excluding hydrogens is 412 g/mol. The van der Waals surface area contributed by atoms with Gasteiger partial charge in [-0.1, -0.05) is 30.3 Å². The zero-order valence-electron chi connectivity index (χ0n) is 14.4. The second-order valence-corrected chi connectivity index (χ2v) is 8.43. The molecule has 8 heteroatoms. The number of rotatable bonds is 4. The summed E-state index contributed by atoms with van der Waals surface area (Å²) in [6, 6.07) is 17.8. The Morgan fingerprint density at radius 3 is 2.57 bits per heavy atom. The summed E-state index contributed by atoms with van der Waals surface area (Å²) >= 11 is 8.90. The highest BCUT2D eigenvalue weighted by Crippen LogP contribution is 2.44. The zero-order valence-corrected chi connectivity index (χ0v) is 16.8. The molecule has 0 aliphatic heterocycles. The molecule has 138 valence electrons. The molecule has 2 aromatic carbocycles. The molecule has 0 atom stereocenters. The number of hydrogen-bond acceptors (Lipinski definition) is 6. The van der Waals surface area contributed by atoms with Crippen LogP contribution in [0.25, 0.3) is 31.0 Å². The molecule has 3 aromatic heterocycles. The molecule has 0 fully saturated rings. The third-order valence-corrected chi connectivity index (χ3v) is 6.66. The summed E-state index contributed by atoms with van der Waals surface area (Å²) in [6.07, 6.45) is 0. The number of para-hydroxylation sites is 2. The first kappa shape index (κ1) is 17.4. The first-order valence-corrected chi connectivity index (χ1v) is 10.7. The molecule has 5 nitrogen and oxygen atoms in total. The van der Waals surface area contributed by atoms with Gasteiger partial charge in [-0.15, -0.1) is 34.3 Å². The lowest BCUT2D eigenvalue weighted by molar-refractivity contribution is 1.04. The highest BCUT2D eigenvalue weighted by molar-refractivity contribution is 7.25. The van der Waals surface area contributed by atoms with Gasteiger partial charge in [0.05, 0.1) is 21.7 Å². The Bertz CT molecular complexity index is 1320. The van der Waals surface area contributed by atoms with Gasteiger partial charge in [-0.2, -0.15) is 0 Å². The predicted molar refractivity (Wildman–Crippen MR) is 118 cm³/mol. The number of thiazole rings is 1. The number of aromatic amines is 1. The van der Waals surface area contributed by atoms with Crippen molar-refractivity contribution in [2.24, 2.45) is 0 Å². The summed E-state index contributed by atoms with van der Waals surface area (Å²) in [5.41, 5.74) is 3.14. The van der Waals surface area contributed by atoms with E-state index in [0.29, 0.717) is 16.0 Å². The normalized spacial score (nSPS) is 11.3. The summed E-state index contributed by atoms with van der Waals surface area (Å²) < 4.78 is 1.64. The fraction of sp³-hybridized carbons (Fsp3) is 0.0500. The first-order valence-electron chi connectivity index (χ1n) is 8.52. The molecule has 0 aliphatic rings. The molecule has 5 rings (SSSR count). The summed E-state index contributed by atoms with van der Waals surface area (Å²) in [6.45, 7) is 0. The molecule has 0 saturated carbocycles. The van der Waals surface area contributed by atoms with E-state index in [2.05, 4.69) is 15.3 Å². The molecule has 0 spiro atoms. The van der Waals surface area contributed by atoms with Crippen LogP contribution in [0.15, 0.2) is 59.4 Å². The minimum absolute atomic E-state index is 0.141. The number of anilines is 2. The van der Waals surface area contributed by atoms with Gasteiger partial charge in [0.2, 0.25) is 0 Å². The third-order valence-electron chi connectivity index (χ3n) is 4.26. The van der Waals surface area contributed by atoms with E-state index in [1.165, 1.54) is 11.3 Å². The van der Waals surface area contributed by atoms with Crippen molar-refractivity contribution in [3.63, 3.8) is 0 Å². The Morgan fingerprint density at radius 1 is 1.00 bits per heavy atom. The van der Waals surface area contributed by atoms with Gasteiger partial charge >= 0.3 is 0 Å². The average Bonchev–Trinajstić information content (AvgIpc) is 3.29. The monoisotopic (exact) mass is 424 g/mol. The van der Waals surface area contributed by atoms with Gasteiger partial charge < -0.3 is 10.3 Å². The lowest BCUT2D eigenvalue weighted by Gasteiger charge is -2.05. The number of nitrogens with one attached hydrogen (secondary N) is 2. The van der Waals surface area contributed by atoms with E-state index in [4.69, 9.17) is 16.6 Å². The van der Waals surface area contributed by atoms with Crippen LogP contribution in [0.1, 0.15) is 5.82 Å². The van der Waals surface area contributed by atoms with E-state index in [1.807, 2.05) is 54.6 Å². The molecule has 0 amide bonds. The summed E-state index contributed by atoms with van der Waals surface area (Å²) in [5.74, 6) is 0.590. The quantitative estimate of drug-likeness (QED) is 0.361. The van der Waals surface area contributed by atoms with Crippen LogP contribution in [0.3, 0.4) is 0 Å². The number of hydrogen-bond donors (Lipinski definition) is 2. The number of H-pyrrole nitrogens is 1. The minimum atomic E-state index is -0.186. The Morgan fingerprint density at radius 2 is 1.79 bits per heavy atom. The Balaban J connectivity index is 1.79. The van der Waals surface area contributed by atoms with Crippen LogP contribution < -0.4 is 10.9 Å². The molecule has 0 saturated heterocycles. The van der Waals surface area contributed by atoms with E-state index in [-0.39, 0.29) is 11.4 Å². The van der Waals surface area contributed by atoms with Gasteiger partial charge in [0.15, 0.2) is 0 Å². The Labute approximate surface area is 172 Å². The van der Waals surface area contributed by atoms with Crippen molar-refractivity contribution in [2.45, 2.75) is 5.88 Å². The van der Waals surface area contributed by atoms with Gasteiger partial charge in [0.25, 0.3) is 5.56 Å². The van der Waals surface area contributed by atoms with Crippen LogP contribution in [0.4, 0.5) is 10.7 Å². The fourth-order valence-corrected chi connectivity index (χ4v) is 5.28. The number of alkyl halides is 1. The second-order valence-electron chi connectivity index (χ2n) is 6.11. The smallest absolute Gasteiger partial charge is 0.268 e. The molecule has 28 heavy (non-hydrogen) atoms. The Kier molecular flexibility index (Phi) is 4.35. The van der Waals surface area contributed by atoms with Crippen molar-refractivity contribution < 1.29 is 0 Å². The lowest BCUT2D eigenvalue weighted by atomic mass is 10.2. The number of aromatic nitrogens is 3. The van der Waals surface area contributed by atoms with Gasteiger partial charge in [0, 0.05) is 5.69 Å². The van der Waals surface area contributed by atoms with Crippen molar-refractivity contribution in [1.82, 2.24) is 15.0 Å². The Hall–Kier alpha value is -2.74. The van der Waals surface area contributed by atoms with Crippen molar-refractivity contribution in [1.29, 1.82) is 0 Å².